The number of aromatic nitrogens is 4. The molecule has 0 unspecified atom stereocenters. The summed E-state index contributed by atoms with van der Waals surface area (Å²) in [5.41, 5.74) is 2.54. The van der Waals surface area contributed by atoms with Crippen molar-refractivity contribution in [1.82, 2.24) is 19.3 Å². The number of rotatable bonds is 6. The molecule has 4 nitrogen and oxygen atoms in total. The van der Waals surface area contributed by atoms with E-state index in [-0.39, 0.29) is 0 Å². The molecule has 0 fully saturated rings. The van der Waals surface area contributed by atoms with Crippen molar-refractivity contribution in [3.63, 3.8) is 0 Å². The van der Waals surface area contributed by atoms with Crippen molar-refractivity contribution >= 4 is 0 Å². The smallest absolute Gasteiger partial charge is 0.0945 e. The highest BCUT2D eigenvalue weighted by molar-refractivity contribution is 5.10. The van der Waals surface area contributed by atoms with Crippen LogP contribution in [0.1, 0.15) is 31.7 Å². The topological polar surface area (TPSA) is 35.6 Å². The highest BCUT2D eigenvalue weighted by Crippen LogP contribution is 2.07. The Morgan fingerprint density at radius 3 is 2.71 bits per heavy atom. The summed E-state index contributed by atoms with van der Waals surface area (Å²) >= 11 is 0. The molecule has 0 radical (unpaired) electrons. The van der Waals surface area contributed by atoms with Crippen molar-refractivity contribution in [3.8, 4) is 0 Å². The Hall–Kier alpha value is -1.58. The summed E-state index contributed by atoms with van der Waals surface area (Å²) in [6.45, 7) is 6.33. The van der Waals surface area contributed by atoms with Crippen molar-refractivity contribution in [2.24, 2.45) is 0 Å². The summed E-state index contributed by atoms with van der Waals surface area (Å²) in [4.78, 5) is 4.04. The average Bonchev–Trinajstić information content (AvgIpc) is 2.98. The van der Waals surface area contributed by atoms with Gasteiger partial charge in [0.25, 0.3) is 0 Å². The molecule has 4 heteroatoms. The van der Waals surface area contributed by atoms with Crippen LogP contribution in [-0.2, 0) is 25.9 Å². The first-order chi connectivity index (χ1) is 8.33. The summed E-state index contributed by atoms with van der Waals surface area (Å²) in [5, 5.41) is 4.61. The molecule has 0 aliphatic rings. The lowest BCUT2D eigenvalue weighted by Gasteiger charge is -2.06. The van der Waals surface area contributed by atoms with E-state index in [1.807, 2.05) is 18.7 Å². The van der Waals surface area contributed by atoms with Crippen LogP contribution in [0.3, 0.4) is 0 Å². The third kappa shape index (κ3) is 2.96. The van der Waals surface area contributed by atoms with Crippen LogP contribution in [0, 0.1) is 0 Å². The number of aryl methyl sites for hydroxylation is 4. The van der Waals surface area contributed by atoms with Crippen molar-refractivity contribution in [3.05, 3.63) is 36.2 Å². The molecule has 0 amide bonds. The highest BCUT2D eigenvalue weighted by Gasteiger charge is 2.04. The van der Waals surface area contributed by atoms with Crippen LogP contribution in [0.25, 0.3) is 0 Å². The molecule has 0 spiro atoms. The minimum absolute atomic E-state index is 0.987. The van der Waals surface area contributed by atoms with Crippen molar-refractivity contribution < 1.29 is 0 Å². The molecule has 0 saturated carbocycles. The molecule has 17 heavy (non-hydrogen) atoms. The van der Waals surface area contributed by atoms with Gasteiger partial charge in [-0.3, -0.25) is 4.68 Å². The minimum Gasteiger partial charge on any atom is -0.337 e. The fourth-order valence-electron chi connectivity index (χ4n) is 1.99. The lowest BCUT2D eigenvalue weighted by Crippen LogP contribution is -2.07. The minimum atomic E-state index is 0.987. The maximum Gasteiger partial charge on any atom is 0.0945 e. The van der Waals surface area contributed by atoms with E-state index in [2.05, 4.69) is 39.2 Å². The molecule has 0 bridgehead atoms. The van der Waals surface area contributed by atoms with Crippen LogP contribution >= 0.6 is 0 Å². The van der Waals surface area contributed by atoms with Crippen molar-refractivity contribution in [1.29, 1.82) is 0 Å². The maximum absolute atomic E-state index is 4.61. The van der Waals surface area contributed by atoms with Gasteiger partial charge in [-0.15, -0.1) is 0 Å². The van der Waals surface area contributed by atoms with Gasteiger partial charge in [-0.1, -0.05) is 13.8 Å². The molecule has 0 atom stereocenters. The van der Waals surface area contributed by atoms with Gasteiger partial charge >= 0.3 is 0 Å². The van der Waals surface area contributed by atoms with Gasteiger partial charge in [-0.25, -0.2) is 4.98 Å². The van der Waals surface area contributed by atoms with E-state index in [4.69, 9.17) is 0 Å². The summed E-state index contributed by atoms with van der Waals surface area (Å²) in [6, 6.07) is 2.22. The van der Waals surface area contributed by atoms with Gasteiger partial charge in [0.05, 0.1) is 12.0 Å². The molecule has 2 aromatic heterocycles. The molecule has 0 aromatic carbocycles. The second kappa shape index (κ2) is 5.66. The zero-order valence-electron chi connectivity index (χ0n) is 10.6. The predicted molar refractivity (Wildman–Crippen MR) is 67.8 cm³/mol. The maximum atomic E-state index is 4.61. The van der Waals surface area contributed by atoms with Gasteiger partial charge in [0.1, 0.15) is 0 Å². The van der Waals surface area contributed by atoms with Crippen LogP contribution in [-0.4, -0.2) is 19.3 Å². The van der Waals surface area contributed by atoms with Crippen molar-refractivity contribution in [2.75, 3.05) is 0 Å². The Kier molecular flexibility index (Phi) is 3.96. The number of hydrogen-bond donors (Lipinski definition) is 0. The van der Waals surface area contributed by atoms with Crippen molar-refractivity contribution in [2.45, 2.75) is 46.2 Å². The molecule has 0 aliphatic carbocycles. The molecule has 0 N–H and O–H groups in total. The van der Waals surface area contributed by atoms with Gasteiger partial charge in [-0.2, -0.15) is 5.10 Å². The largest absolute Gasteiger partial charge is 0.337 e. The predicted octanol–water partition coefficient (Wildman–Crippen LogP) is 2.29. The number of hydrogen-bond acceptors (Lipinski definition) is 2. The molecule has 0 aliphatic heterocycles. The molecule has 2 heterocycles. The van der Waals surface area contributed by atoms with Crippen LogP contribution in [0.2, 0.25) is 0 Å². The monoisotopic (exact) mass is 232 g/mol. The first-order valence-corrected chi connectivity index (χ1v) is 6.34. The second-order valence-electron chi connectivity index (χ2n) is 4.21. The van der Waals surface area contributed by atoms with E-state index in [1.165, 1.54) is 11.4 Å². The van der Waals surface area contributed by atoms with Gasteiger partial charge in [-0.05, 0) is 25.3 Å². The normalized spacial score (nSPS) is 10.9. The van der Waals surface area contributed by atoms with Crippen LogP contribution in [0.15, 0.2) is 24.8 Å². The van der Waals surface area contributed by atoms with E-state index in [9.17, 15) is 0 Å². The fraction of sp³-hybridized carbons (Fsp3) is 0.538. The quantitative estimate of drug-likeness (QED) is 0.766. The standard InChI is InChI=1S/C13H20N4/c1-3-12-10-13(4-2)17(15-12)8-5-7-16-9-6-14-11-16/h6,9-11H,3-5,7-8H2,1-2H3. The Labute approximate surface area is 102 Å². The number of nitrogens with zero attached hydrogens (tertiary/aromatic N) is 4. The highest BCUT2D eigenvalue weighted by atomic mass is 15.3. The van der Waals surface area contributed by atoms with E-state index < -0.39 is 0 Å². The molecular formula is C13H20N4. The summed E-state index contributed by atoms with van der Waals surface area (Å²) < 4.78 is 4.26. The Morgan fingerprint density at radius 1 is 1.18 bits per heavy atom. The zero-order valence-corrected chi connectivity index (χ0v) is 10.6. The molecule has 2 aromatic rings. The molecule has 0 saturated heterocycles. The van der Waals surface area contributed by atoms with Gasteiger partial charge in [0, 0.05) is 31.2 Å². The van der Waals surface area contributed by atoms with Crippen LogP contribution in [0.4, 0.5) is 0 Å². The fourth-order valence-corrected chi connectivity index (χ4v) is 1.99. The average molecular weight is 232 g/mol. The first-order valence-electron chi connectivity index (χ1n) is 6.34. The number of imidazole rings is 1. The Bertz CT molecular complexity index is 442. The van der Waals surface area contributed by atoms with E-state index >= 15 is 0 Å². The molecular weight excluding hydrogens is 212 g/mol. The Balaban J connectivity index is 1.91. The van der Waals surface area contributed by atoms with E-state index in [0.717, 1.165) is 32.4 Å². The SMILES string of the molecule is CCc1cc(CC)n(CCCn2ccnc2)n1. The first kappa shape index (κ1) is 11.9. The van der Waals surface area contributed by atoms with Gasteiger partial charge in [0.2, 0.25) is 0 Å². The van der Waals surface area contributed by atoms with Gasteiger partial charge < -0.3 is 4.57 Å². The summed E-state index contributed by atoms with van der Waals surface area (Å²) in [6.07, 6.45) is 8.84. The van der Waals surface area contributed by atoms with Gasteiger partial charge in [0.15, 0.2) is 0 Å². The van der Waals surface area contributed by atoms with Crippen LogP contribution < -0.4 is 0 Å². The zero-order chi connectivity index (χ0) is 12.1. The Morgan fingerprint density at radius 2 is 2.06 bits per heavy atom. The summed E-state index contributed by atoms with van der Waals surface area (Å²) in [5.74, 6) is 0. The lowest BCUT2D eigenvalue weighted by atomic mass is 10.2. The van der Waals surface area contributed by atoms with E-state index in [0.29, 0.717) is 0 Å². The summed E-state index contributed by atoms with van der Waals surface area (Å²) in [7, 11) is 0. The van der Waals surface area contributed by atoms with E-state index in [1.54, 1.807) is 0 Å². The third-order valence-electron chi connectivity index (χ3n) is 2.98. The third-order valence-corrected chi connectivity index (χ3v) is 2.98. The molecule has 2 rings (SSSR count). The second-order valence-corrected chi connectivity index (χ2v) is 4.21. The van der Waals surface area contributed by atoms with Crippen LogP contribution in [0.5, 0.6) is 0 Å². The molecule has 92 valence electrons. The lowest BCUT2D eigenvalue weighted by molar-refractivity contribution is 0.510.